The Morgan fingerprint density at radius 3 is 2.88 bits per heavy atom. The fraction of sp³-hybridized carbons (Fsp3) is 0.217. The molecule has 0 saturated carbocycles. The molecule has 9 heteroatoms. The first-order valence-electron chi connectivity index (χ1n) is 9.99. The van der Waals surface area contributed by atoms with E-state index in [0.717, 1.165) is 15.6 Å². The predicted molar refractivity (Wildman–Crippen MR) is 123 cm³/mol. The Labute approximate surface area is 192 Å². The Morgan fingerprint density at radius 2 is 2.06 bits per heavy atom. The summed E-state index contributed by atoms with van der Waals surface area (Å²) >= 11 is 3.51. The molecular formula is C23H19BrFN5O2. The molecule has 0 bridgehead atoms. The van der Waals surface area contributed by atoms with Gasteiger partial charge in [0.05, 0.1) is 12.9 Å². The SMILES string of the molecule is CN(C)C=NC1=N[C@]2(CCO1)c1cc(-c3cccnc3F)ccc1Oc1ncc(Br)cc12. The Kier molecular flexibility index (Phi) is 5.13. The van der Waals surface area contributed by atoms with Gasteiger partial charge in [-0.1, -0.05) is 6.07 Å². The van der Waals surface area contributed by atoms with E-state index in [9.17, 15) is 4.39 Å². The first-order chi connectivity index (χ1) is 15.5. The van der Waals surface area contributed by atoms with Crippen molar-refractivity contribution < 1.29 is 13.9 Å². The molecule has 0 N–H and O–H groups in total. The second-order valence-electron chi connectivity index (χ2n) is 7.72. The van der Waals surface area contributed by atoms with Crippen molar-refractivity contribution in [1.82, 2.24) is 14.9 Å². The fourth-order valence-corrected chi connectivity index (χ4v) is 4.26. The van der Waals surface area contributed by atoms with Gasteiger partial charge in [-0.15, -0.1) is 0 Å². The first-order valence-corrected chi connectivity index (χ1v) is 10.8. The second kappa shape index (κ2) is 7.98. The van der Waals surface area contributed by atoms with Crippen LogP contribution in [0.1, 0.15) is 17.5 Å². The fourth-order valence-electron chi connectivity index (χ4n) is 3.93. The van der Waals surface area contributed by atoms with E-state index >= 15 is 0 Å². The quantitative estimate of drug-likeness (QED) is 0.291. The summed E-state index contributed by atoms with van der Waals surface area (Å²) in [5.41, 5.74) is 1.84. The van der Waals surface area contributed by atoms with Crippen LogP contribution in [0.15, 0.2) is 63.2 Å². The summed E-state index contributed by atoms with van der Waals surface area (Å²) in [6, 6.07) is 11.2. The van der Waals surface area contributed by atoms with Crippen LogP contribution in [0.25, 0.3) is 11.1 Å². The normalized spacial score (nSPS) is 19.1. The number of nitrogens with zero attached hydrogens (tertiary/aromatic N) is 5. The number of hydrogen-bond acceptors (Lipinski definition) is 6. The number of amidine groups is 1. The lowest BCUT2D eigenvalue weighted by Gasteiger charge is -2.38. The molecule has 2 aromatic heterocycles. The van der Waals surface area contributed by atoms with Crippen molar-refractivity contribution in [2.75, 3.05) is 20.7 Å². The van der Waals surface area contributed by atoms with Crippen LogP contribution in [0.2, 0.25) is 0 Å². The van der Waals surface area contributed by atoms with Gasteiger partial charge in [0.15, 0.2) is 0 Å². The molecule has 2 aliphatic rings. The molecule has 1 aromatic carbocycles. The van der Waals surface area contributed by atoms with E-state index in [4.69, 9.17) is 14.5 Å². The summed E-state index contributed by atoms with van der Waals surface area (Å²) in [5.74, 6) is 0.555. The van der Waals surface area contributed by atoms with Crippen LogP contribution < -0.4 is 4.74 Å². The number of pyridine rings is 2. The molecule has 4 heterocycles. The van der Waals surface area contributed by atoms with E-state index in [1.807, 2.05) is 38.4 Å². The van der Waals surface area contributed by atoms with Crippen LogP contribution in [0.4, 0.5) is 4.39 Å². The maximum atomic E-state index is 14.4. The van der Waals surface area contributed by atoms with Crippen molar-refractivity contribution in [3.63, 3.8) is 0 Å². The highest BCUT2D eigenvalue weighted by molar-refractivity contribution is 9.10. The molecule has 1 atom stereocenters. The first kappa shape index (κ1) is 20.6. The van der Waals surface area contributed by atoms with E-state index < -0.39 is 11.5 Å². The number of aliphatic imine (C=N–C) groups is 2. The van der Waals surface area contributed by atoms with E-state index in [1.54, 1.807) is 29.6 Å². The molecule has 0 radical (unpaired) electrons. The average Bonchev–Trinajstić information content (AvgIpc) is 2.79. The van der Waals surface area contributed by atoms with Crippen molar-refractivity contribution in [1.29, 1.82) is 0 Å². The van der Waals surface area contributed by atoms with Gasteiger partial charge in [0.1, 0.15) is 11.3 Å². The van der Waals surface area contributed by atoms with Gasteiger partial charge in [-0.3, -0.25) is 0 Å². The van der Waals surface area contributed by atoms with Gasteiger partial charge in [-0.25, -0.2) is 15.0 Å². The number of ether oxygens (including phenoxy) is 2. The van der Waals surface area contributed by atoms with Crippen molar-refractivity contribution in [2.24, 2.45) is 9.98 Å². The van der Waals surface area contributed by atoms with Gasteiger partial charge in [0.2, 0.25) is 11.8 Å². The zero-order valence-corrected chi connectivity index (χ0v) is 19.0. The van der Waals surface area contributed by atoms with E-state index in [1.165, 1.54) is 6.20 Å². The molecule has 1 spiro atoms. The number of hydrogen-bond donors (Lipinski definition) is 0. The molecule has 2 aliphatic heterocycles. The highest BCUT2D eigenvalue weighted by Crippen LogP contribution is 2.52. The third-order valence-corrected chi connectivity index (χ3v) is 5.78. The summed E-state index contributed by atoms with van der Waals surface area (Å²) in [4.78, 5) is 19.4. The number of halogens is 2. The molecule has 7 nitrogen and oxygen atoms in total. The van der Waals surface area contributed by atoms with Gasteiger partial charge in [0, 0.05) is 54.1 Å². The van der Waals surface area contributed by atoms with Gasteiger partial charge >= 0.3 is 6.02 Å². The highest BCUT2D eigenvalue weighted by atomic mass is 79.9. The maximum absolute atomic E-state index is 14.4. The van der Waals surface area contributed by atoms with Crippen LogP contribution >= 0.6 is 15.9 Å². The molecular weight excluding hydrogens is 477 g/mol. The lowest BCUT2D eigenvalue weighted by atomic mass is 9.78. The third-order valence-electron chi connectivity index (χ3n) is 5.35. The maximum Gasteiger partial charge on any atom is 0.314 e. The standard InChI is InChI=1S/C23H19BrFN5O2/c1-30(2)13-28-22-29-23(7-9-31-22)17-10-14(16-4-3-8-26-20(16)25)5-6-19(17)32-21-18(23)11-15(24)12-27-21/h3-6,8,10-13H,7,9H2,1-2H3/t23-/m1/s1. The number of aromatic nitrogens is 2. The topological polar surface area (TPSA) is 72.2 Å². The zero-order chi connectivity index (χ0) is 22.3. The summed E-state index contributed by atoms with van der Waals surface area (Å²) in [5, 5.41) is 0. The minimum atomic E-state index is -0.842. The minimum Gasteiger partial charge on any atom is -0.464 e. The van der Waals surface area contributed by atoms with Crippen LogP contribution in [-0.2, 0) is 10.3 Å². The average molecular weight is 496 g/mol. The molecule has 0 fully saturated rings. The Bertz CT molecular complexity index is 1260. The van der Waals surface area contributed by atoms with Crippen LogP contribution in [0.5, 0.6) is 11.6 Å². The zero-order valence-electron chi connectivity index (χ0n) is 17.4. The molecule has 32 heavy (non-hydrogen) atoms. The molecule has 0 amide bonds. The van der Waals surface area contributed by atoms with Crippen molar-refractivity contribution in [3.8, 4) is 22.8 Å². The minimum absolute atomic E-state index is 0.265. The summed E-state index contributed by atoms with van der Waals surface area (Å²) < 4.78 is 27.1. The monoisotopic (exact) mass is 495 g/mol. The molecule has 0 aliphatic carbocycles. The van der Waals surface area contributed by atoms with E-state index in [2.05, 4.69) is 30.9 Å². The largest absolute Gasteiger partial charge is 0.464 e. The van der Waals surface area contributed by atoms with Gasteiger partial charge in [-0.05, 0) is 51.8 Å². The van der Waals surface area contributed by atoms with Gasteiger partial charge < -0.3 is 14.4 Å². The van der Waals surface area contributed by atoms with Crippen molar-refractivity contribution in [3.05, 3.63) is 70.3 Å². The second-order valence-corrected chi connectivity index (χ2v) is 8.64. The van der Waals surface area contributed by atoms with Gasteiger partial charge in [-0.2, -0.15) is 9.38 Å². The number of rotatable bonds is 2. The Hall–Kier alpha value is -3.33. The molecule has 3 aromatic rings. The summed E-state index contributed by atoms with van der Waals surface area (Å²) in [6.45, 7) is 0.403. The van der Waals surface area contributed by atoms with Crippen molar-refractivity contribution >= 4 is 28.3 Å². The number of benzene rings is 1. The van der Waals surface area contributed by atoms with Crippen LogP contribution in [0.3, 0.4) is 0 Å². The van der Waals surface area contributed by atoms with Crippen LogP contribution in [0, 0.1) is 5.95 Å². The lowest BCUT2D eigenvalue weighted by molar-refractivity contribution is 0.218. The molecule has 5 rings (SSSR count). The third kappa shape index (κ3) is 3.52. The summed E-state index contributed by atoms with van der Waals surface area (Å²) in [6.07, 6.45) is 5.30. The Morgan fingerprint density at radius 1 is 1.19 bits per heavy atom. The van der Waals surface area contributed by atoms with Gasteiger partial charge in [0.25, 0.3) is 0 Å². The van der Waals surface area contributed by atoms with Crippen molar-refractivity contribution in [2.45, 2.75) is 12.0 Å². The number of fused-ring (bicyclic) bond motifs is 4. The van der Waals surface area contributed by atoms with E-state index in [0.29, 0.717) is 35.8 Å². The molecule has 0 unspecified atom stereocenters. The molecule has 162 valence electrons. The predicted octanol–water partition coefficient (Wildman–Crippen LogP) is 4.76. The lowest BCUT2D eigenvalue weighted by Crippen LogP contribution is -2.36. The van der Waals surface area contributed by atoms with Crippen LogP contribution in [-0.4, -0.2) is 47.9 Å². The van der Waals surface area contributed by atoms with E-state index in [-0.39, 0.29) is 6.02 Å². The Balaban J connectivity index is 1.74. The molecule has 0 saturated heterocycles. The summed E-state index contributed by atoms with van der Waals surface area (Å²) in [7, 11) is 3.74. The smallest absolute Gasteiger partial charge is 0.314 e. The highest BCUT2D eigenvalue weighted by Gasteiger charge is 2.46.